The molecule has 4 N–H and O–H groups in total. The van der Waals surface area contributed by atoms with Crippen LogP contribution in [0.15, 0.2) is 52.3 Å². The van der Waals surface area contributed by atoms with Gasteiger partial charge in [-0.1, -0.05) is 11.6 Å². The van der Waals surface area contributed by atoms with Gasteiger partial charge in [0.25, 0.3) is 0 Å². The SMILES string of the molecule is C[C@@H](NS(=O)(=O)c1ccc(Oc2ccc(Cl)cn2)cc1)c1[nH]c(=O)[nH]c1O. The number of nitrogens with zero attached hydrogens (tertiary/aromatic N) is 1. The topological polar surface area (TPSA) is 137 Å². The number of pyridine rings is 1. The highest BCUT2D eigenvalue weighted by atomic mass is 35.5. The Morgan fingerprint density at radius 2 is 1.89 bits per heavy atom. The molecule has 2 heterocycles. The van der Waals surface area contributed by atoms with Gasteiger partial charge < -0.3 is 14.8 Å². The zero-order valence-corrected chi connectivity index (χ0v) is 15.5. The van der Waals surface area contributed by atoms with Crippen LogP contribution in [0, 0.1) is 0 Å². The van der Waals surface area contributed by atoms with Crippen LogP contribution in [0.3, 0.4) is 0 Å². The fourth-order valence-electron chi connectivity index (χ4n) is 2.29. The van der Waals surface area contributed by atoms with E-state index in [9.17, 15) is 18.3 Å². The van der Waals surface area contributed by atoms with Crippen molar-refractivity contribution >= 4 is 21.6 Å². The van der Waals surface area contributed by atoms with Crippen LogP contribution >= 0.6 is 11.6 Å². The smallest absolute Gasteiger partial charge is 0.326 e. The number of aromatic hydroxyl groups is 1. The Morgan fingerprint density at radius 1 is 1.19 bits per heavy atom. The molecule has 3 rings (SSSR count). The predicted molar refractivity (Wildman–Crippen MR) is 97.6 cm³/mol. The summed E-state index contributed by atoms with van der Waals surface area (Å²) in [5.41, 5.74) is -0.594. The summed E-state index contributed by atoms with van der Waals surface area (Å²) in [5.74, 6) is 0.285. The van der Waals surface area contributed by atoms with E-state index in [2.05, 4.69) is 19.7 Å². The van der Waals surface area contributed by atoms with Crippen molar-refractivity contribution < 1.29 is 18.3 Å². The molecule has 0 amide bonds. The van der Waals surface area contributed by atoms with Gasteiger partial charge in [-0.25, -0.2) is 22.9 Å². The number of H-pyrrole nitrogens is 2. The van der Waals surface area contributed by atoms with E-state index < -0.39 is 27.6 Å². The van der Waals surface area contributed by atoms with E-state index in [1.165, 1.54) is 37.4 Å². The van der Waals surface area contributed by atoms with E-state index in [4.69, 9.17) is 16.3 Å². The van der Waals surface area contributed by atoms with Crippen LogP contribution in [-0.2, 0) is 10.0 Å². The summed E-state index contributed by atoms with van der Waals surface area (Å²) in [6.45, 7) is 1.49. The number of benzene rings is 1. The third-order valence-electron chi connectivity index (χ3n) is 3.56. The number of halogens is 1. The Kier molecular flexibility index (Phi) is 5.22. The molecule has 11 heteroatoms. The standard InChI is InChI=1S/C16H15ClN4O5S/c1-9(14-15(22)20-16(23)19-14)21-27(24,25)12-5-3-11(4-6-12)26-13-7-2-10(17)8-18-13/h2-9,21-22H,1H3,(H2,19,20,23)/t9-/m1/s1. The summed E-state index contributed by atoms with van der Waals surface area (Å²) >= 11 is 5.75. The minimum absolute atomic E-state index is 0.0110. The number of sulfonamides is 1. The second kappa shape index (κ2) is 7.43. The summed E-state index contributed by atoms with van der Waals surface area (Å²) < 4.78 is 32.8. The van der Waals surface area contributed by atoms with E-state index in [-0.39, 0.29) is 10.6 Å². The monoisotopic (exact) mass is 410 g/mol. The maximum atomic E-state index is 12.5. The van der Waals surface area contributed by atoms with Gasteiger partial charge in [-0.05, 0) is 37.3 Å². The van der Waals surface area contributed by atoms with Crippen LogP contribution in [0.5, 0.6) is 17.5 Å². The molecule has 0 bridgehead atoms. The van der Waals surface area contributed by atoms with Crippen LogP contribution < -0.4 is 15.1 Å². The molecular formula is C16H15ClN4O5S. The van der Waals surface area contributed by atoms with Crippen LogP contribution in [0.1, 0.15) is 18.7 Å². The molecule has 0 aliphatic heterocycles. The Hall–Kier alpha value is -2.82. The molecule has 0 radical (unpaired) electrons. The first kappa shape index (κ1) is 19.0. The van der Waals surface area contributed by atoms with Gasteiger partial charge in [0.15, 0.2) is 0 Å². The molecular weight excluding hydrogens is 396 g/mol. The number of aromatic nitrogens is 3. The first-order valence-electron chi connectivity index (χ1n) is 7.67. The van der Waals surface area contributed by atoms with Gasteiger partial charge in [0, 0.05) is 12.3 Å². The lowest BCUT2D eigenvalue weighted by Gasteiger charge is -2.13. The first-order valence-corrected chi connectivity index (χ1v) is 9.53. The summed E-state index contributed by atoms with van der Waals surface area (Å²) in [7, 11) is -3.90. The van der Waals surface area contributed by atoms with Crippen molar-refractivity contribution in [2.45, 2.75) is 17.9 Å². The average Bonchev–Trinajstić information content (AvgIpc) is 2.95. The van der Waals surface area contributed by atoms with Crippen molar-refractivity contribution in [3.63, 3.8) is 0 Å². The van der Waals surface area contributed by atoms with Crippen molar-refractivity contribution in [3.05, 3.63) is 63.8 Å². The van der Waals surface area contributed by atoms with Crippen LogP contribution in [-0.4, -0.2) is 28.5 Å². The molecule has 0 aliphatic carbocycles. The molecule has 27 heavy (non-hydrogen) atoms. The number of aromatic amines is 2. The third-order valence-corrected chi connectivity index (χ3v) is 5.34. The molecule has 0 saturated heterocycles. The van der Waals surface area contributed by atoms with Crippen molar-refractivity contribution in [1.29, 1.82) is 0 Å². The maximum absolute atomic E-state index is 12.5. The number of nitrogens with one attached hydrogen (secondary N) is 3. The van der Waals surface area contributed by atoms with Crippen molar-refractivity contribution in [3.8, 4) is 17.5 Å². The van der Waals surface area contributed by atoms with Gasteiger partial charge in [-0.15, -0.1) is 0 Å². The van der Waals surface area contributed by atoms with Gasteiger partial charge in [-0.2, -0.15) is 0 Å². The highest BCUT2D eigenvalue weighted by molar-refractivity contribution is 7.89. The Labute approximate surface area is 159 Å². The number of hydrogen-bond acceptors (Lipinski definition) is 6. The average molecular weight is 411 g/mol. The normalized spacial score (nSPS) is 12.7. The molecule has 1 atom stereocenters. The highest BCUT2D eigenvalue weighted by Gasteiger charge is 2.22. The van der Waals surface area contributed by atoms with Crippen molar-refractivity contribution in [2.75, 3.05) is 0 Å². The number of ether oxygens (including phenoxy) is 1. The van der Waals surface area contributed by atoms with E-state index in [0.29, 0.717) is 16.7 Å². The summed E-state index contributed by atoms with van der Waals surface area (Å²) in [5, 5.41) is 10.1. The van der Waals surface area contributed by atoms with Gasteiger partial charge in [0.1, 0.15) is 5.75 Å². The minimum Gasteiger partial charge on any atom is -0.493 e. The zero-order chi connectivity index (χ0) is 19.6. The Bertz CT molecular complexity index is 1090. The van der Waals surface area contributed by atoms with Gasteiger partial charge in [0.2, 0.25) is 21.8 Å². The lowest BCUT2D eigenvalue weighted by molar-refractivity contribution is 0.441. The van der Waals surface area contributed by atoms with E-state index in [1.807, 2.05) is 0 Å². The molecule has 0 fully saturated rings. The molecule has 0 aliphatic rings. The lowest BCUT2D eigenvalue weighted by Crippen LogP contribution is -2.27. The predicted octanol–water partition coefficient (Wildman–Crippen LogP) is 2.29. The van der Waals surface area contributed by atoms with Gasteiger partial charge in [0.05, 0.1) is 21.7 Å². The number of rotatable bonds is 6. The molecule has 3 aromatic rings. The van der Waals surface area contributed by atoms with E-state index >= 15 is 0 Å². The Balaban J connectivity index is 1.74. The molecule has 0 saturated carbocycles. The van der Waals surface area contributed by atoms with Crippen molar-refractivity contribution in [1.82, 2.24) is 19.7 Å². The highest BCUT2D eigenvalue weighted by Crippen LogP contribution is 2.24. The minimum atomic E-state index is -3.90. The molecule has 1 aromatic carbocycles. The van der Waals surface area contributed by atoms with Crippen LogP contribution in [0.4, 0.5) is 0 Å². The fraction of sp³-hybridized carbons (Fsp3) is 0.125. The number of imidazole rings is 1. The largest absolute Gasteiger partial charge is 0.493 e. The summed E-state index contributed by atoms with van der Waals surface area (Å²) in [4.78, 5) is 19.6. The molecule has 142 valence electrons. The molecule has 2 aromatic heterocycles. The van der Waals surface area contributed by atoms with Crippen molar-refractivity contribution in [2.24, 2.45) is 0 Å². The molecule has 0 spiro atoms. The van der Waals surface area contributed by atoms with E-state index in [1.54, 1.807) is 12.1 Å². The Morgan fingerprint density at radius 3 is 2.44 bits per heavy atom. The first-order chi connectivity index (χ1) is 12.7. The summed E-state index contributed by atoms with van der Waals surface area (Å²) in [6.07, 6.45) is 1.43. The summed E-state index contributed by atoms with van der Waals surface area (Å²) in [6, 6.07) is 8.02. The number of hydrogen-bond donors (Lipinski definition) is 4. The zero-order valence-electron chi connectivity index (χ0n) is 13.9. The molecule has 9 nitrogen and oxygen atoms in total. The van der Waals surface area contributed by atoms with Gasteiger partial charge in [-0.3, -0.25) is 4.98 Å². The van der Waals surface area contributed by atoms with Gasteiger partial charge >= 0.3 is 5.69 Å². The quantitative estimate of drug-likeness (QED) is 0.492. The third kappa shape index (κ3) is 4.48. The van der Waals surface area contributed by atoms with Crippen LogP contribution in [0.25, 0.3) is 0 Å². The van der Waals surface area contributed by atoms with E-state index in [0.717, 1.165) is 0 Å². The second-order valence-corrected chi connectivity index (χ2v) is 7.72. The van der Waals surface area contributed by atoms with Crippen LogP contribution in [0.2, 0.25) is 5.02 Å². The molecule has 0 unspecified atom stereocenters. The second-order valence-electron chi connectivity index (χ2n) is 5.57. The maximum Gasteiger partial charge on any atom is 0.326 e. The lowest BCUT2D eigenvalue weighted by atomic mass is 10.3. The fourth-order valence-corrected chi connectivity index (χ4v) is 3.62.